The second-order valence-corrected chi connectivity index (χ2v) is 9.68. The Hall–Kier alpha value is -2.44. The number of amides is 1. The van der Waals surface area contributed by atoms with Crippen LogP contribution in [0.5, 0.6) is 0 Å². The lowest BCUT2D eigenvalue weighted by atomic mass is 9.75. The molecule has 32 heavy (non-hydrogen) atoms. The van der Waals surface area contributed by atoms with Gasteiger partial charge in [0.2, 0.25) is 0 Å². The van der Waals surface area contributed by atoms with E-state index in [1.165, 1.54) is 18.5 Å². The van der Waals surface area contributed by atoms with Crippen molar-refractivity contribution in [3.8, 4) is 0 Å². The highest BCUT2D eigenvalue weighted by Gasteiger charge is 2.40. The summed E-state index contributed by atoms with van der Waals surface area (Å²) in [6.45, 7) is 5.25. The number of carbonyl (C=O) groups excluding carboxylic acids is 1. The summed E-state index contributed by atoms with van der Waals surface area (Å²) >= 11 is 0. The summed E-state index contributed by atoms with van der Waals surface area (Å²) in [5.74, 6) is 1.52. The van der Waals surface area contributed by atoms with E-state index in [9.17, 15) is 4.79 Å². The van der Waals surface area contributed by atoms with Crippen LogP contribution in [-0.2, 0) is 6.42 Å². The third-order valence-corrected chi connectivity index (χ3v) is 7.18. The molecule has 3 fully saturated rings. The van der Waals surface area contributed by atoms with Gasteiger partial charge < -0.3 is 15.1 Å². The van der Waals surface area contributed by atoms with Crippen LogP contribution in [0.4, 0.5) is 5.69 Å². The van der Waals surface area contributed by atoms with E-state index in [-0.39, 0.29) is 5.91 Å². The summed E-state index contributed by atoms with van der Waals surface area (Å²) in [7, 11) is 6.25. The number of rotatable bonds is 9. The number of hydrogen-bond donors (Lipinski definition) is 1. The van der Waals surface area contributed by atoms with Crippen molar-refractivity contribution >= 4 is 11.6 Å². The highest BCUT2D eigenvalue weighted by molar-refractivity contribution is 5.94. The van der Waals surface area contributed by atoms with Crippen LogP contribution in [0.25, 0.3) is 0 Å². The second kappa shape index (κ2) is 10.5. The number of benzene rings is 1. The van der Waals surface area contributed by atoms with Crippen LogP contribution < -0.4 is 10.2 Å². The van der Waals surface area contributed by atoms with Crippen molar-refractivity contribution in [1.29, 1.82) is 0 Å². The minimum atomic E-state index is 0.0313. The van der Waals surface area contributed by atoms with Crippen molar-refractivity contribution in [3.63, 3.8) is 0 Å². The fourth-order valence-electron chi connectivity index (χ4n) is 5.24. The second-order valence-electron chi connectivity index (χ2n) is 9.68. The summed E-state index contributed by atoms with van der Waals surface area (Å²) < 4.78 is 0. The van der Waals surface area contributed by atoms with Gasteiger partial charge in [0.1, 0.15) is 0 Å². The van der Waals surface area contributed by atoms with Crippen molar-refractivity contribution in [2.24, 2.45) is 11.8 Å². The summed E-state index contributed by atoms with van der Waals surface area (Å²) in [6, 6.07) is 14.4. The lowest BCUT2D eigenvalue weighted by molar-refractivity contribution is -0.00870. The van der Waals surface area contributed by atoms with Gasteiger partial charge in [0.05, 0.1) is 0 Å². The van der Waals surface area contributed by atoms with Crippen LogP contribution in [-0.4, -0.2) is 80.6 Å². The fraction of sp³-hybridized carbons (Fsp3) is 0.538. The molecule has 1 amide bonds. The number of aromatic nitrogens is 1. The first-order valence-corrected chi connectivity index (χ1v) is 11.9. The summed E-state index contributed by atoms with van der Waals surface area (Å²) in [6.07, 6.45) is 5.36. The molecule has 0 spiro atoms. The predicted molar refractivity (Wildman–Crippen MR) is 130 cm³/mol. The molecular formula is C26H37N5O. The summed E-state index contributed by atoms with van der Waals surface area (Å²) in [5.41, 5.74) is 3.01. The number of nitrogens with zero attached hydrogens (tertiary/aromatic N) is 4. The van der Waals surface area contributed by atoms with Crippen molar-refractivity contribution in [3.05, 3.63) is 59.9 Å². The number of fused-ring (bicyclic) bond motifs is 3. The number of hydrogen-bond acceptors (Lipinski definition) is 5. The van der Waals surface area contributed by atoms with Crippen molar-refractivity contribution < 1.29 is 4.79 Å². The van der Waals surface area contributed by atoms with Gasteiger partial charge in [-0.1, -0.05) is 6.07 Å². The maximum Gasteiger partial charge on any atom is 0.251 e. The van der Waals surface area contributed by atoms with Crippen molar-refractivity contribution in [2.45, 2.75) is 25.3 Å². The van der Waals surface area contributed by atoms with Crippen LogP contribution in [0, 0.1) is 11.8 Å². The molecule has 0 saturated carbocycles. The first-order valence-electron chi connectivity index (χ1n) is 11.9. The quantitative estimate of drug-likeness (QED) is 0.656. The highest BCUT2D eigenvalue weighted by atomic mass is 16.1. The standard InChI is InChI=1S/C26H37N5O/c1-29(2)24-9-7-20(8-10-24)26(32)28-17-25-16-21-11-15-31(25)19-22(21)18-30(3)14-12-23-6-4-5-13-27-23/h4-10,13,21-22,25H,11-12,14-19H2,1-3H3,(H,28,32)/t21-,22-,25+/m0/s1. The monoisotopic (exact) mass is 435 g/mol. The zero-order valence-corrected chi connectivity index (χ0v) is 19.7. The van der Waals surface area contributed by atoms with Crippen LogP contribution in [0.3, 0.4) is 0 Å². The molecule has 0 aliphatic carbocycles. The Balaban J connectivity index is 1.22. The molecule has 4 atom stereocenters. The van der Waals surface area contributed by atoms with E-state index in [1.807, 2.05) is 55.5 Å². The van der Waals surface area contributed by atoms with Crippen LogP contribution in [0.2, 0.25) is 0 Å². The molecule has 3 saturated heterocycles. The van der Waals surface area contributed by atoms with Gasteiger partial charge in [0.25, 0.3) is 5.91 Å². The molecule has 3 aliphatic rings. The third kappa shape index (κ3) is 5.67. The average Bonchev–Trinajstić information content (AvgIpc) is 2.82. The van der Waals surface area contributed by atoms with E-state index in [0.717, 1.165) is 62.2 Å². The van der Waals surface area contributed by atoms with Gasteiger partial charge in [-0.25, -0.2) is 0 Å². The smallest absolute Gasteiger partial charge is 0.251 e. The Morgan fingerprint density at radius 2 is 1.97 bits per heavy atom. The van der Waals surface area contributed by atoms with E-state index in [2.05, 4.69) is 39.3 Å². The maximum absolute atomic E-state index is 12.6. The number of piperidine rings is 3. The SMILES string of the molecule is CN(CCc1ccccn1)C[C@H]1CN2CC[C@H]1C[C@@H]2CNC(=O)c1ccc(N(C)C)cc1. The number of likely N-dealkylation sites (N-methyl/N-ethyl adjacent to an activating group) is 1. The topological polar surface area (TPSA) is 51.7 Å². The zero-order chi connectivity index (χ0) is 22.5. The Bertz CT molecular complexity index is 870. The third-order valence-electron chi connectivity index (χ3n) is 7.18. The predicted octanol–water partition coefficient (Wildman–Crippen LogP) is 2.76. The van der Waals surface area contributed by atoms with Gasteiger partial charge in [-0.05, 0) is 74.7 Å². The lowest BCUT2D eigenvalue weighted by Crippen LogP contribution is -2.58. The van der Waals surface area contributed by atoms with Crippen LogP contribution in [0.15, 0.2) is 48.7 Å². The number of nitrogens with one attached hydrogen (secondary N) is 1. The van der Waals surface area contributed by atoms with Gasteiger partial charge in [-0.3, -0.25) is 14.7 Å². The molecule has 172 valence electrons. The normalized spacial score (nSPS) is 24.5. The van der Waals surface area contributed by atoms with Crippen molar-refractivity contribution in [1.82, 2.24) is 20.1 Å². The lowest BCUT2D eigenvalue weighted by Gasteiger charge is -2.50. The maximum atomic E-state index is 12.6. The Morgan fingerprint density at radius 3 is 2.62 bits per heavy atom. The van der Waals surface area contributed by atoms with E-state index >= 15 is 0 Å². The molecule has 1 aromatic carbocycles. The first kappa shape index (κ1) is 22.7. The minimum Gasteiger partial charge on any atom is -0.378 e. The van der Waals surface area contributed by atoms with E-state index in [0.29, 0.717) is 6.04 Å². The molecule has 2 bridgehead atoms. The van der Waals surface area contributed by atoms with Gasteiger partial charge in [-0.15, -0.1) is 0 Å². The molecule has 1 N–H and O–H groups in total. The number of anilines is 1. The largest absolute Gasteiger partial charge is 0.378 e. The van der Waals surface area contributed by atoms with E-state index < -0.39 is 0 Å². The Kier molecular flexibility index (Phi) is 7.43. The van der Waals surface area contributed by atoms with E-state index in [1.54, 1.807) is 0 Å². The van der Waals surface area contributed by atoms with Crippen LogP contribution in [0.1, 0.15) is 28.9 Å². The van der Waals surface area contributed by atoms with Crippen molar-refractivity contribution in [2.75, 3.05) is 58.8 Å². The molecule has 6 nitrogen and oxygen atoms in total. The number of carbonyl (C=O) groups is 1. The molecule has 1 unspecified atom stereocenters. The summed E-state index contributed by atoms with van der Waals surface area (Å²) in [4.78, 5) is 24.2. The molecule has 4 heterocycles. The van der Waals surface area contributed by atoms with Gasteiger partial charge in [0, 0.05) is 75.9 Å². The average molecular weight is 436 g/mol. The fourth-order valence-corrected chi connectivity index (χ4v) is 5.24. The zero-order valence-electron chi connectivity index (χ0n) is 19.7. The molecule has 0 radical (unpaired) electrons. The van der Waals surface area contributed by atoms with E-state index in [4.69, 9.17) is 0 Å². The highest BCUT2D eigenvalue weighted by Crippen LogP contribution is 2.36. The molecule has 3 aliphatic heterocycles. The molecule has 5 rings (SSSR count). The van der Waals surface area contributed by atoms with Crippen LogP contribution >= 0.6 is 0 Å². The molecular weight excluding hydrogens is 398 g/mol. The van der Waals surface area contributed by atoms with Gasteiger partial charge in [-0.2, -0.15) is 0 Å². The minimum absolute atomic E-state index is 0.0313. The summed E-state index contributed by atoms with van der Waals surface area (Å²) in [5, 5.41) is 3.18. The Morgan fingerprint density at radius 1 is 1.16 bits per heavy atom. The van der Waals surface area contributed by atoms with Gasteiger partial charge in [0.15, 0.2) is 0 Å². The molecule has 2 aromatic rings. The Labute approximate surface area is 192 Å². The number of pyridine rings is 1. The molecule has 6 heteroatoms. The molecule has 1 aromatic heterocycles. The van der Waals surface area contributed by atoms with Gasteiger partial charge >= 0.3 is 0 Å². The first-order chi connectivity index (χ1) is 15.5.